The number of hydrogen-bond acceptors (Lipinski definition) is 3. The fraction of sp³-hybridized carbons (Fsp3) is 0.333. The number of fused-ring (bicyclic) bond motifs is 1. The smallest absolute Gasteiger partial charge is 0.141 e. The quantitative estimate of drug-likeness (QED) is 0.754. The first-order valence-corrected chi connectivity index (χ1v) is 4.31. The molecule has 68 valence electrons. The molecule has 0 unspecified atom stereocenters. The number of hydrogen-bond donors (Lipinski definition) is 1. The predicted molar refractivity (Wildman–Crippen MR) is 51.7 cm³/mol. The highest BCUT2D eigenvalue weighted by Gasteiger charge is 1.98. The van der Waals surface area contributed by atoms with Crippen molar-refractivity contribution < 1.29 is 0 Å². The number of nitrogens with one attached hydrogen (secondary N) is 1. The predicted octanol–water partition coefficient (Wildman–Crippen LogP) is 1.55. The summed E-state index contributed by atoms with van der Waals surface area (Å²) in [7, 11) is 0. The van der Waals surface area contributed by atoms with Gasteiger partial charge >= 0.3 is 0 Å². The average molecular weight is 176 g/mol. The van der Waals surface area contributed by atoms with E-state index < -0.39 is 0 Å². The highest BCUT2D eigenvalue weighted by molar-refractivity contribution is 5.49. The van der Waals surface area contributed by atoms with Crippen LogP contribution in [0.1, 0.15) is 13.8 Å². The minimum atomic E-state index is 0.393. The molecule has 0 radical (unpaired) electrons. The molecule has 4 heteroatoms. The molecule has 0 aromatic carbocycles. The summed E-state index contributed by atoms with van der Waals surface area (Å²) in [5.74, 6) is 0.869. The Hall–Kier alpha value is -1.58. The van der Waals surface area contributed by atoms with Crippen molar-refractivity contribution in [3.8, 4) is 0 Å². The highest BCUT2D eigenvalue weighted by Crippen LogP contribution is 2.07. The Labute approximate surface area is 76.6 Å². The van der Waals surface area contributed by atoms with E-state index in [-0.39, 0.29) is 0 Å². The molecule has 1 N–H and O–H groups in total. The van der Waals surface area contributed by atoms with Gasteiger partial charge in [-0.2, -0.15) is 0 Å². The first-order chi connectivity index (χ1) is 6.25. The van der Waals surface area contributed by atoms with Crippen LogP contribution in [0.5, 0.6) is 0 Å². The summed E-state index contributed by atoms with van der Waals surface area (Å²) in [5, 5.41) is 3.22. The van der Waals surface area contributed by atoms with Crippen LogP contribution in [-0.2, 0) is 0 Å². The molecule has 0 bridgehead atoms. The molecule has 0 aliphatic rings. The average Bonchev–Trinajstić information content (AvgIpc) is 2.49. The molecule has 2 aromatic rings. The van der Waals surface area contributed by atoms with Crippen molar-refractivity contribution in [2.24, 2.45) is 0 Å². The molecule has 13 heavy (non-hydrogen) atoms. The third-order valence-electron chi connectivity index (χ3n) is 1.72. The Morgan fingerprint density at radius 1 is 1.38 bits per heavy atom. The monoisotopic (exact) mass is 176 g/mol. The van der Waals surface area contributed by atoms with E-state index in [0.29, 0.717) is 6.04 Å². The first-order valence-electron chi connectivity index (χ1n) is 4.31. The van der Waals surface area contributed by atoms with Crippen molar-refractivity contribution in [1.29, 1.82) is 0 Å². The van der Waals surface area contributed by atoms with E-state index in [9.17, 15) is 0 Å². The minimum Gasteiger partial charge on any atom is -0.368 e. The number of anilines is 1. The fourth-order valence-corrected chi connectivity index (χ4v) is 1.19. The van der Waals surface area contributed by atoms with E-state index in [1.807, 2.05) is 16.7 Å². The van der Waals surface area contributed by atoms with Gasteiger partial charge in [-0.05, 0) is 13.8 Å². The van der Waals surface area contributed by atoms with Gasteiger partial charge in [0.2, 0.25) is 0 Å². The SMILES string of the molecule is CC(C)Nc1cc2nccn2cn1. The second kappa shape index (κ2) is 3.05. The van der Waals surface area contributed by atoms with E-state index in [4.69, 9.17) is 0 Å². The minimum absolute atomic E-state index is 0.393. The number of rotatable bonds is 2. The molecule has 0 saturated carbocycles. The van der Waals surface area contributed by atoms with Crippen molar-refractivity contribution in [3.05, 3.63) is 24.8 Å². The van der Waals surface area contributed by atoms with Gasteiger partial charge in [0.15, 0.2) is 0 Å². The molecule has 0 saturated heterocycles. The van der Waals surface area contributed by atoms with Crippen molar-refractivity contribution in [3.63, 3.8) is 0 Å². The zero-order valence-corrected chi connectivity index (χ0v) is 7.73. The van der Waals surface area contributed by atoms with Crippen LogP contribution in [0, 0.1) is 0 Å². The Morgan fingerprint density at radius 2 is 2.23 bits per heavy atom. The van der Waals surface area contributed by atoms with Crippen LogP contribution in [0.25, 0.3) is 5.65 Å². The lowest BCUT2D eigenvalue weighted by molar-refractivity contribution is 0.885. The molecule has 0 atom stereocenters. The van der Waals surface area contributed by atoms with Gasteiger partial charge in [0.05, 0.1) is 0 Å². The Bertz CT molecular complexity index is 405. The maximum atomic E-state index is 4.23. The summed E-state index contributed by atoms with van der Waals surface area (Å²) in [6, 6.07) is 2.32. The van der Waals surface area contributed by atoms with Crippen molar-refractivity contribution in [2.45, 2.75) is 19.9 Å². The standard InChI is InChI=1S/C9H12N4/c1-7(2)12-8-5-9-10-3-4-13(9)6-11-8/h3-7,12H,1-2H3. The molecule has 0 aliphatic heterocycles. The van der Waals surface area contributed by atoms with Gasteiger partial charge in [-0.1, -0.05) is 0 Å². The summed E-state index contributed by atoms with van der Waals surface area (Å²) in [6.45, 7) is 4.16. The lowest BCUT2D eigenvalue weighted by atomic mass is 10.4. The second-order valence-corrected chi connectivity index (χ2v) is 3.27. The van der Waals surface area contributed by atoms with Gasteiger partial charge in [0, 0.05) is 24.5 Å². The number of aromatic nitrogens is 3. The Kier molecular flexibility index (Phi) is 1.88. The number of nitrogens with zero attached hydrogens (tertiary/aromatic N) is 3. The Morgan fingerprint density at radius 3 is 3.00 bits per heavy atom. The molecule has 2 heterocycles. The number of imidazole rings is 1. The van der Waals surface area contributed by atoms with Gasteiger partial charge < -0.3 is 5.32 Å². The van der Waals surface area contributed by atoms with E-state index in [1.54, 1.807) is 12.5 Å². The Balaban J connectivity index is 2.37. The molecule has 0 fully saturated rings. The van der Waals surface area contributed by atoms with Gasteiger partial charge in [-0.3, -0.25) is 4.40 Å². The van der Waals surface area contributed by atoms with Crippen LogP contribution in [0.15, 0.2) is 24.8 Å². The molecular formula is C9H12N4. The molecule has 0 spiro atoms. The molecule has 0 aliphatic carbocycles. The molecule has 0 amide bonds. The summed E-state index contributed by atoms with van der Waals surface area (Å²) in [6.07, 6.45) is 5.39. The zero-order valence-electron chi connectivity index (χ0n) is 7.73. The zero-order chi connectivity index (χ0) is 9.26. The summed E-state index contributed by atoms with van der Waals surface area (Å²) >= 11 is 0. The molecule has 2 rings (SSSR count). The van der Waals surface area contributed by atoms with Crippen LogP contribution in [0.2, 0.25) is 0 Å². The molecule has 2 aromatic heterocycles. The van der Waals surface area contributed by atoms with Gasteiger partial charge in [-0.15, -0.1) is 0 Å². The van der Waals surface area contributed by atoms with E-state index in [1.165, 1.54) is 0 Å². The third-order valence-corrected chi connectivity index (χ3v) is 1.72. The fourth-order valence-electron chi connectivity index (χ4n) is 1.19. The molecule has 4 nitrogen and oxygen atoms in total. The van der Waals surface area contributed by atoms with Crippen LogP contribution in [0.4, 0.5) is 5.82 Å². The van der Waals surface area contributed by atoms with Crippen LogP contribution in [-0.4, -0.2) is 20.4 Å². The highest BCUT2D eigenvalue weighted by atomic mass is 15.1. The maximum absolute atomic E-state index is 4.23. The second-order valence-electron chi connectivity index (χ2n) is 3.27. The van der Waals surface area contributed by atoms with E-state index >= 15 is 0 Å². The van der Waals surface area contributed by atoms with E-state index in [2.05, 4.69) is 29.1 Å². The van der Waals surface area contributed by atoms with Gasteiger partial charge in [0.1, 0.15) is 17.8 Å². The topological polar surface area (TPSA) is 42.2 Å². The maximum Gasteiger partial charge on any atom is 0.141 e. The van der Waals surface area contributed by atoms with Gasteiger partial charge in [0.25, 0.3) is 0 Å². The van der Waals surface area contributed by atoms with Crippen molar-refractivity contribution in [2.75, 3.05) is 5.32 Å². The van der Waals surface area contributed by atoms with Crippen molar-refractivity contribution in [1.82, 2.24) is 14.4 Å². The van der Waals surface area contributed by atoms with Crippen LogP contribution in [0.3, 0.4) is 0 Å². The third kappa shape index (κ3) is 1.61. The van der Waals surface area contributed by atoms with Gasteiger partial charge in [-0.25, -0.2) is 9.97 Å². The summed E-state index contributed by atoms with van der Waals surface area (Å²) < 4.78 is 1.88. The largest absolute Gasteiger partial charge is 0.368 e. The lowest BCUT2D eigenvalue weighted by Gasteiger charge is -2.08. The lowest BCUT2D eigenvalue weighted by Crippen LogP contribution is -2.11. The normalized spacial score (nSPS) is 11.0. The van der Waals surface area contributed by atoms with Crippen LogP contribution < -0.4 is 5.32 Å². The summed E-state index contributed by atoms with van der Waals surface area (Å²) in [4.78, 5) is 8.40. The van der Waals surface area contributed by atoms with Crippen LogP contribution >= 0.6 is 0 Å². The van der Waals surface area contributed by atoms with E-state index in [0.717, 1.165) is 11.5 Å². The molecular weight excluding hydrogens is 164 g/mol. The summed E-state index contributed by atoms with van der Waals surface area (Å²) in [5.41, 5.74) is 0.915. The first kappa shape index (κ1) is 8.04. The van der Waals surface area contributed by atoms with Crippen molar-refractivity contribution >= 4 is 11.5 Å².